The summed E-state index contributed by atoms with van der Waals surface area (Å²) in [5, 5.41) is 19.7. The Hall–Kier alpha value is -2.23. The molecule has 0 aliphatic carbocycles. The van der Waals surface area contributed by atoms with E-state index in [1.807, 2.05) is 0 Å². The fourth-order valence-electron chi connectivity index (χ4n) is 1.88. The first kappa shape index (κ1) is 14.2. The number of carbonyl (C=O) groups is 1. The summed E-state index contributed by atoms with van der Waals surface area (Å²) in [5.41, 5.74) is -0.728. The molecule has 1 fully saturated rings. The highest BCUT2D eigenvalue weighted by Gasteiger charge is 2.27. The zero-order valence-corrected chi connectivity index (χ0v) is 11.0. The second kappa shape index (κ2) is 5.04. The highest BCUT2D eigenvalue weighted by Crippen LogP contribution is 2.24. The molecule has 0 unspecified atom stereocenters. The van der Waals surface area contributed by atoms with Gasteiger partial charge in [0.1, 0.15) is 17.6 Å². The van der Waals surface area contributed by atoms with Gasteiger partial charge in [0.25, 0.3) is 5.69 Å². The van der Waals surface area contributed by atoms with Gasteiger partial charge in [0.05, 0.1) is 16.4 Å². The van der Waals surface area contributed by atoms with E-state index in [0.717, 1.165) is 12.3 Å². The first-order valence-corrected chi connectivity index (χ1v) is 7.45. The van der Waals surface area contributed by atoms with Crippen molar-refractivity contribution in [3.8, 4) is 0 Å². The van der Waals surface area contributed by atoms with Crippen molar-refractivity contribution in [1.29, 1.82) is 0 Å². The van der Waals surface area contributed by atoms with Gasteiger partial charge in [0.2, 0.25) is 0 Å². The Bertz CT molecular complexity index is 658. The number of hydrogen-bond donors (Lipinski definition) is 1. The topological polar surface area (TPSA) is 131 Å². The van der Waals surface area contributed by atoms with Crippen molar-refractivity contribution in [1.82, 2.24) is 4.98 Å². The minimum atomic E-state index is -3.10. The van der Waals surface area contributed by atoms with Gasteiger partial charge in [0.15, 0.2) is 9.84 Å². The first-order chi connectivity index (χ1) is 9.30. The summed E-state index contributed by atoms with van der Waals surface area (Å²) < 4.78 is 22.7. The molecule has 20 heavy (non-hydrogen) atoms. The molecular formula is C10H11N3O6S. The molecule has 0 spiro atoms. The molecule has 1 aromatic heterocycles. The van der Waals surface area contributed by atoms with Crippen LogP contribution < -0.4 is 4.90 Å². The number of pyridine rings is 1. The minimum Gasteiger partial charge on any atom is -0.478 e. The number of rotatable bonds is 3. The number of aromatic nitrogens is 1. The molecule has 10 heteroatoms. The highest BCUT2D eigenvalue weighted by molar-refractivity contribution is 7.91. The smallest absolute Gasteiger partial charge is 0.339 e. The molecule has 1 N–H and O–H groups in total. The summed E-state index contributed by atoms with van der Waals surface area (Å²) in [6.45, 7) is 0.237. The first-order valence-electron chi connectivity index (χ1n) is 5.63. The predicted molar refractivity (Wildman–Crippen MR) is 68.7 cm³/mol. The van der Waals surface area contributed by atoms with Gasteiger partial charge in [-0.15, -0.1) is 0 Å². The highest BCUT2D eigenvalue weighted by atomic mass is 32.2. The van der Waals surface area contributed by atoms with Crippen molar-refractivity contribution in [3.05, 3.63) is 27.9 Å². The number of sulfone groups is 1. The molecule has 0 radical (unpaired) electrons. The summed E-state index contributed by atoms with van der Waals surface area (Å²) in [6.07, 6.45) is 0.963. The summed E-state index contributed by atoms with van der Waals surface area (Å²) in [7, 11) is -3.10. The molecule has 1 aliphatic rings. The van der Waals surface area contributed by atoms with Crippen LogP contribution in [0.1, 0.15) is 10.4 Å². The molecule has 2 rings (SSSR count). The number of nitro groups is 1. The second-order valence-corrected chi connectivity index (χ2v) is 6.57. The van der Waals surface area contributed by atoms with Crippen LogP contribution in [-0.4, -0.2) is 54.0 Å². The van der Waals surface area contributed by atoms with Crippen molar-refractivity contribution in [3.63, 3.8) is 0 Å². The SMILES string of the molecule is O=C(O)c1cc([N+](=O)[O-])cnc1N1CCS(=O)(=O)CC1. The lowest BCUT2D eigenvalue weighted by atomic mass is 10.2. The Morgan fingerprint density at radius 2 is 2.00 bits per heavy atom. The fourth-order valence-corrected chi connectivity index (χ4v) is 3.08. The lowest BCUT2D eigenvalue weighted by Gasteiger charge is -2.28. The molecule has 1 saturated heterocycles. The normalized spacial score (nSPS) is 17.7. The summed E-state index contributed by atoms with van der Waals surface area (Å²) in [5.74, 6) is -1.47. The fraction of sp³-hybridized carbons (Fsp3) is 0.400. The zero-order valence-electron chi connectivity index (χ0n) is 10.2. The van der Waals surface area contributed by atoms with E-state index < -0.39 is 26.4 Å². The van der Waals surface area contributed by atoms with Crippen LogP contribution in [0.3, 0.4) is 0 Å². The Balaban J connectivity index is 2.37. The quantitative estimate of drug-likeness (QED) is 0.606. The van der Waals surface area contributed by atoms with Crippen LogP contribution in [0.15, 0.2) is 12.3 Å². The van der Waals surface area contributed by atoms with Crippen LogP contribution in [0, 0.1) is 10.1 Å². The number of nitrogens with zero attached hydrogens (tertiary/aromatic N) is 3. The molecule has 1 aromatic rings. The summed E-state index contributed by atoms with van der Waals surface area (Å²) in [6, 6.07) is 0.924. The third kappa shape index (κ3) is 2.85. The molecular weight excluding hydrogens is 290 g/mol. The molecule has 0 bridgehead atoms. The third-order valence-corrected chi connectivity index (χ3v) is 4.55. The molecule has 9 nitrogen and oxygen atoms in total. The van der Waals surface area contributed by atoms with Gasteiger partial charge in [-0.1, -0.05) is 0 Å². The van der Waals surface area contributed by atoms with E-state index >= 15 is 0 Å². The third-order valence-electron chi connectivity index (χ3n) is 2.94. The maximum atomic E-state index is 11.3. The van der Waals surface area contributed by atoms with Crippen LogP contribution in [-0.2, 0) is 9.84 Å². The van der Waals surface area contributed by atoms with E-state index in [0.29, 0.717) is 0 Å². The standard InChI is InChI=1S/C10H11N3O6S/c14-10(15)8-5-7(13(16)17)6-11-9(8)12-1-3-20(18,19)4-2-12/h5-6H,1-4H2,(H,14,15). The average Bonchev–Trinajstić information content (AvgIpc) is 2.38. The Kier molecular flexibility index (Phi) is 3.57. The summed E-state index contributed by atoms with van der Waals surface area (Å²) >= 11 is 0. The van der Waals surface area contributed by atoms with Crippen molar-refractivity contribution in [2.45, 2.75) is 0 Å². The van der Waals surface area contributed by atoms with Crippen molar-refractivity contribution in [2.24, 2.45) is 0 Å². The number of hydrogen-bond acceptors (Lipinski definition) is 7. The van der Waals surface area contributed by atoms with Crippen LogP contribution in [0.4, 0.5) is 11.5 Å². The van der Waals surface area contributed by atoms with E-state index in [9.17, 15) is 23.3 Å². The Morgan fingerprint density at radius 1 is 1.40 bits per heavy atom. The molecule has 0 atom stereocenters. The maximum Gasteiger partial charge on any atom is 0.339 e. The summed E-state index contributed by atoms with van der Waals surface area (Å²) in [4.78, 5) is 26.4. The van der Waals surface area contributed by atoms with Crippen LogP contribution in [0.25, 0.3) is 0 Å². The molecule has 108 valence electrons. The van der Waals surface area contributed by atoms with Gasteiger partial charge in [-0.25, -0.2) is 18.2 Å². The monoisotopic (exact) mass is 301 g/mol. The van der Waals surface area contributed by atoms with Crippen LogP contribution in [0.5, 0.6) is 0 Å². The predicted octanol–water partition coefficient (Wildman–Crippen LogP) is -0.0772. The molecule has 1 aliphatic heterocycles. The van der Waals surface area contributed by atoms with Crippen molar-refractivity contribution in [2.75, 3.05) is 29.5 Å². The lowest BCUT2D eigenvalue weighted by Crippen LogP contribution is -2.41. The van der Waals surface area contributed by atoms with Crippen molar-refractivity contribution >= 4 is 27.3 Å². The second-order valence-electron chi connectivity index (χ2n) is 4.27. The van der Waals surface area contributed by atoms with E-state index in [-0.39, 0.29) is 36.0 Å². The number of carboxylic acid groups (broad SMARTS) is 1. The molecule has 0 aromatic carbocycles. The maximum absolute atomic E-state index is 11.3. The van der Waals surface area contributed by atoms with E-state index in [2.05, 4.69) is 4.98 Å². The van der Waals surface area contributed by atoms with Crippen LogP contribution >= 0.6 is 0 Å². The van der Waals surface area contributed by atoms with Gasteiger partial charge in [-0.2, -0.15) is 0 Å². The number of anilines is 1. The molecule has 2 heterocycles. The van der Waals surface area contributed by atoms with Gasteiger partial charge >= 0.3 is 5.97 Å². The van der Waals surface area contributed by atoms with E-state index in [1.54, 1.807) is 0 Å². The largest absolute Gasteiger partial charge is 0.478 e. The van der Waals surface area contributed by atoms with Gasteiger partial charge < -0.3 is 10.0 Å². The van der Waals surface area contributed by atoms with Crippen LogP contribution in [0.2, 0.25) is 0 Å². The average molecular weight is 301 g/mol. The number of aromatic carboxylic acids is 1. The van der Waals surface area contributed by atoms with Crippen molar-refractivity contribution < 1.29 is 23.2 Å². The molecule has 0 amide bonds. The van der Waals surface area contributed by atoms with Gasteiger partial charge in [-0.05, 0) is 0 Å². The van der Waals surface area contributed by atoms with E-state index in [1.165, 1.54) is 4.90 Å². The number of carboxylic acids is 1. The minimum absolute atomic E-state index is 0.0537. The lowest BCUT2D eigenvalue weighted by molar-refractivity contribution is -0.385. The Morgan fingerprint density at radius 3 is 2.50 bits per heavy atom. The van der Waals surface area contributed by atoms with E-state index in [4.69, 9.17) is 5.11 Å². The Labute approximate surface area is 113 Å². The zero-order chi connectivity index (χ0) is 14.9. The molecule has 0 saturated carbocycles. The van der Waals surface area contributed by atoms with Gasteiger partial charge in [0, 0.05) is 19.2 Å². The van der Waals surface area contributed by atoms with Gasteiger partial charge in [-0.3, -0.25) is 10.1 Å².